The minimum absolute atomic E-state index is 0.667. The maximum atomic E-state index is 4.70. The highest BCUT2D eigenvalue weighted by Crippen LogP contribution is 2.31. The Kier molecular flexibility index (Phi) is 4.56. The molecule has 4 nitrogen and oxygen atoms in total. The van der Waals surface area contributed by atoms with Crippen molar-refractivity contribution < 1.29 is 0 Å². The molecule has 154 valence electrons. The van der Waals surface area contributed by atoms with E-state index >= 15 is 0 Å². The molecule has 0 saturated carbocycles. The van der Waals surface area contributed by atoms with Crippen molar-refractivity contribution in [3.05, 3.63) is 97.1 Å². The molecule has 0 saturated heterocycles. The molecule has 0 bridgehead atoms. The molecule has 4 aromatic carbocycles. The van der Waals surface area contributed by atoms with E-state index in [1.54, 1.807) is 0 Å². The van der Waals surface area contributed by atoms with E-state index in [0.29, 0.717) is 10.3 Å². The van der Waals surface area contributed by atoms with Gasteiger partial charge in [-0.1, -0.05) is 48.5 Å². The summed E-state index contributed by atoms with van der Waals surface area (Å²) in [6.45, 7) is 0. The van der Waals surface area contributed by atoms with E-state index in [-0.39, 0.29) is 0 Å². The molecule has 6 heteroatoms. The van der Waals surface area contributed by atoms with Gasteiger partial charge in [0.15, 0.2) is 10.3 Å². The number of hydrogen-bond acceptors (Lipinski definition) is 4. The largest absolute Gasteiger partial charge is 0.288 e. The van der Waals surface area contributed by atoms with Crippen molar-refractivity contribution in [3.63, 3.8) is 0 Å². The SMILES string of the molecule is Sc1nc2cc(-c3ccc4nc(S)n(-c5ccccc5)c4c3)ccc2n1-c1ccccc1. The van der Waals surface area contributed by atoms with Gasteiger partial charge in [-0.15, -0.1) is 25.3 Å². The molecule has 0 fully saturated rings. The van der Waals surface area contributed by atoms with Gasteiger partial charge in [0.1, 0.15) is 0 Å². The fraction of sp³-hybridized carbons (Fsp3) is 0. The van der Waals surface area contributed by atoms with Crippen LogP contribution >= 0.6 is 25.3 Å². The lowest BCUT2D eigenvalue weighted by Gasteiger charge is -2.08. The number of benzene rings is 4. The van der Waals surface area contributed by atoms with E-state index in [1.165, 1.54) is 0 Å². The quantitative estimate of drug-likeness (QED) is 0.298. The van der Waals surface area contributed by atoms with Gasteiger partial charge in [-0.25, -0.2) is 9.97 Å². The number of thiol groups is 2. The molecule has 0 atom stereocenters. The predicted octanol–water partition coefficient (Wildman–Crippen LogP) is 6.61. The zero-order valence-electron chi connectivity index (χ0n) is 16.9. The summed E-state index contributed by atoms with van der Waals surface area (Å²) in [6, 6.07) is 33.0. The molecule has 6 rings (SSSR count). The molecule has 0 spiro atoms. The standard InChI is InChI=1S/C26H18N4S2/c31-25-27-21-13-11-18(16-24(21)30(25)20-9-5-2-6-10-20)17-12-14-23-22(15-17)28-26(32)29(23)19-7-3-1-4-8-19/h1-16H,(H,27,31)(H,28,32). The van der Waals surface area contributed by atoms with Gasteiger partial charge in [0.2, 0.25) is 0 Å². The van der Waals surface area contributed by atoms with Crippen molar-refractivity contribution in [2.75, 3.05) is 0 Å². The topological polar surface area (TPSA) is 35.6 Å². The second-order valence-corrected chi connectivity index (χ2v) is 8.37. The van der Waals surface area contributed by atoms with Gasteiger partial charge in [-0.2, -0.15) is 0 Å². The van der Waals surface area contributed by atoms with Crippen LogP contribution in [0.2, 0.25) is 0 Å². The number of nitrogens with zero attached hydrogens (tertiary/aromatic N) is 4. The summed E-state index contributed by atoms with van der Waals surface area (Å²) in [4.78, 5) is 9.33. The monoisotopic (exact) mass is 450 g/mol. The number of imidazole rings is 2. The molecule has 2 aromatic heterocycles. The van der Waals surface area contributed by atoms with Gasteiger partial charge < -0.3 is 0 Å². The molecule has 32 heavy (non-hydrogen) atoms. The number of para-hydroxylation sites is 2. The maximum absolute atomic E-state index is 4.70. The Labute approximate surface area is 196 Å². The summed E-state index contributed by atoms with van der Waals surface area (Å²) in [5.41, 5.74) is 8.13. The summed E-state index contributed by atoms with van der Waals surface area (Å²) in [6.07, 6.45) is 0. The first-order valence-corrected chi connectivity index (χ1v) is 11.1. The Bertz CT molecular complexity index is 1580. The highest BCUT2D eigenvalue weighted by molar-refractivity contribution is 7.80. The van der Waals surface area contributed by atoms with E-state index in [4.69, 9.17) is 4.98 Å². The van der Waals surface area contributed by atoms with Crippen molar-refractivity contribution in [2.45, 2.75) is 10.3 Å². The Morgan fingerprint density at radius 3 is 1.69 bits per heavy atom. The predicted molar refractivity (Wildman–Crippen MR) is 136 cm³/mol. The van der Waals surface area contributed by atoms with Crippen LogP contribution in [0.1, 0.15) is 0 Å². The Morgan fingerprint density at radius 1 is 0.500 bits per heavy atom. The summed E-state index contributed by atoms with van der Waals surface area (Å²) < 4.78 is 4.12. The molecule has 6 aromatic rings. The van der Waals surface area contributed by atoms with E-state index in [9.17, 15) is 0 Å². The fourth-order valence-corrected chi connectivity index (χ4v) is 4.81. The molecule has 2 heterocycles. The molecule has 0 aliphatic carbocycles. The second-order valence-electron chi connectivity index (χ2n) is 7.57. The number of fused-ring (bicyclic) bond motifs is 2. The lowest BCUT2D eigenvalue weighted by Crippen LogP contribution is -1.94. The first-order valence-electron chi connectivity index (χ1n) is 10.2. The fourth-order valence-electron chi connectivity index (χ4n) is 4.15. The second kappa shape index (κ2) is 7.58. The highest BCUT2D eigenvalue weighted by atomic mass is 32.1. The van der Waals surface area contributed by atoms with Crippen LogP contribution in [-0.2, 0) is 0 Å². The molecule has 0 aliphatic heterocycles. The van der Waals surface area contributed by atoms with Crippen LogP contribution < -0.4 is 0 Å². The lowest BCUT2D eigenvalue weighted by molar-refractivity contribution is 0.926. The first kappa shape index (κ1) is 19.2. The van der Waals surface area contributed by atoms with Crippen molar-refractivity contribution in [3.8, 4) is 22.5 Å². The average Bonchev–Trinajstić information content (AvgIpc) is 3.34. The van der Waals surface area contributed by atoms with Crippen LogP contribution in [-0.4, -0.2) is 19.1 Å². The Hall–Kier alpha value is -3.48. The van der Waals surface area contributed by atoms with E-state index in [0.717, 1.165) is 44.6 Å². The van der Waals surface area contributed by atoms with Crippen LogP contribution in [0.15, 0.2) is 107 Å². The molecule has 0 amide bonds. The van der Waals surface area contributed by atoms with Gasteiger partial charge in [-0.05, 0) is 59.7 Å². The Balaban J connectivity index is 1.50. The van der Waals surface area contributed by atoms with Gasteiger partial charge >= 0.3 is 0 Å². The number of aromatic nitrogens is 4. The molecule has 0 unspecified atom stereocenters. The summed E-state index contributed by atoms with van der Waals surface area (Å²) >= 11 is 9.24. The minimum atomic E-state index is 0.667. The van der Waals surface area contributed by atoms with Crippen LogP contribution in [0.3, 0.4) is 0 Å². The first-order chi connectivity index (χ1) is 15.7. The minimum Gasteiger partial charge on any atom is -0.288 e. The van der Waals surface area contributed by atoms with Crippen molar-refractivity contribution in [2.24, 2.45) is 0 Å². The van der Waals surface area contributed by atoms with E-state index in [2.05, 4.69) is 94.0 Å². The molecule has 0 aliphatic rings. The summed E-state index contributed by atoms with van der Waals surface area (Å²) in [7, 11) is 0. The normalized spacial score (nSPS) is 11.4. The van der Waals surface area contributed by atoms with Crippen molar-refractivity contribution in [1.29, 1.82) is 0 Å². The smallest absolute Gasteiger partial charge is 0.170 e. The highest BCUT2D eigenvalue weighted by Gasteiger charge is 2.14. The molecule has 0 N–H and O–H groups in total. The average molecular weight is 451 g/mol. The summed E-state index contributed by atoms with van der Waals surface area (Å²) in [5, 5.41) is 1.33. The third-order valence-corrected chi connectivity index (χ3v) is 6.24. The van der Waals surface area contributed by atoms with Gasteiger partial charge in [0.05, 0.1) is 22.1 Å². The van der Waals surface area contributed by atoms with Crippen molar-refractivity contribution >= 4 is 47.3 Å². The van der Waals surface area contributed by atoms with E-state index in [1.807, 2.05) is 42.5 Å². The van der Waals surface area contributed by atoms with Crippen LogP contribution in [0.4, 0.5) is 0 Å². The third-order valence-electron chi connectivity index (χ3n) is 5.64. The zero-order valence-corrected chi connectivity index (χ0v) is 18.7. The van der Waals surface area contributed by atoms with Crippen LogP contribution in [0, 0.1) is 0 Å². The third kappa shape index (κ3) is 3.11. The van der Waals surface area contributed by atoms with Crippen LogP contribution in [0.25, 0.3) is 44.6 Å². The summed E-state index contributed by atoms with van der Waals surface area (Å²) in [5.74, 6) is 0. The van der Waals surface area contributed by atoms with Gasteiger partial charge in [-0.3, -0.25) is 9.13 Å². The van der Waals surface area contributed by atoms with E-state index < -0.39 is 0 Å². The Morgan fingerprint density at radius 2 is 1.03 bits per heavy atom. The molecular weight excluding hydrogens is 432 g/mol. The van der Waals surface area contributed by atoms with Gasteiger partial charge in [0.25, 0.3) is 0 Å². The lowest BCUT2D eigenvalue weighted by atomic mass is 10.0. The number of hydrogen-bond donors (Lipinski definition) is 2. The molecule has 0 radical (unpaired) electrons. The number of rotatable bonds is 3. The molecular formula is C26H18N4S2. The maximum Gasteiger partial charge on any atom is 0.170 e. The van der Waals surface area contributed by atoms with Crippen molar-refractivity contribution in [1.82, 2.24) is 19.1 Å². The van der Waals surface area contributed by atoms with Gasteiger partial charge in [0, 0.05) is 11.4 Å². The zero-order chi connectivity index (χ0) is 21.7. The van der Waals surface area contributed by atoms with Crippen LogP contribution in [0.5, 0.6) is 0 Å².